The van der Waals surface area contributed by atoms with E-state index >= 15 is 0 Å². The minimum absolute atomic E-state index is 0.0262. The molecule has 0 rings (SSSR count). The van der Waals surface area contributed by atoms with E-state index in [1.54, 1.807) is 0 Å². The van der Waals surface area contributed by atoms with Gasteiger partial charge in [-0.3, -0.25) is 9.79 Å². The average molecular weight is 665 g/mol. The molecule has 0 atom stereocenters. The third kappa shape index (κ3) is 34.0. The molecule has 0 saturated carbocycles. The van der Waals surface area contributed by atoms with Crippen LogP contribution in [0.4, 0.5) is 0 Å². The molecule has 0 heterocycles. The fourth-order valence-electron chi connectivity index (χ4n) is 6.18. The van der Waals surface area contributed by atoms with Crippen LogP contribution in [0.3, 0.4) is 0 Å². The number of aldehydes is 1. The highest BCUT2D eigenvalue weighted by Crippen LogP contribution is 2.18. The third-order valence-corrected chi connectivity index (χ3v) is 9.17. The summed E-state index contributed by atoms with van der Waals surface area (Å²) in [5.41, 5.74) is 5.96. The molecule has 0 aliphatic carbocycles. The number of nitrogens with two attached hydrogens (primary N) is 1. The second kappa shape index (κ2) is 37.2. The number of aliphatic imine (C=N–C) groups is 1. The number of nitrogens with zero attached hydrogens (tertiary/aromatic N) is 2. The first-order valence-electron chi connectivity index (χ1n) is 20.5. The zero-order chi connectivity index (χ0) is 34.5. The van der Waals surface area contributed by atoms with Gasteiger partial charge in [0.15, 0.2) is 5.96 Å². The normalized spacial score (nSPS) is 11.9. The third-order valence-electron chi connectivity index (χ3n) is 9.17. The number of rotatable bonds is 37. The van der Waals surface area contributed by atoms with Crippen molar-refractivity contribution in [3.63, 3.8) is 0 Å². The first kappa shape index (κ1) is 45.4. The van der Waals surface area contributed by atoms with Crippen LogP contribution < -0.4 is 11.1 Å². The van der Waals surface area contributed by atoms with Gasteiger partial charge in [0, 0.05) is 25.9 Å². The largest absolute Gasteiger partial charge is 0.462 e. The van der Waals surface area contributed by atoms with Gasteiger partial charge in [-0.25, -0.2) is 0 Å². The second-order valence-corrected chi connectivity index (χ2v) is 13.9. The quantitative estimate of drug-likeness (QED) is 0.0226. The van der Waals surface area contributed by atoms with Gasteiger partial charge >= 0.3 is 5.97 Å². The van der Waals surface area contributed by atoms with Gasteiger partial charge in [-0.05, 0) is 83.8 Å². The van der Waals surface area contributed by atoms with E-state index in [4.69, 9.17) is 10.5 Å². The van der Waals surface area contributed by atoms with Crippen molar-refractivity contribution in [2.45, 2.75) is 207 Å². The number of hydrogen-bond donors (Lipinski definition) is 2. The topological polar surface area (TPSA) is 97.0 Å². The van der Waals surface area contributed by atoms with E-state index in [1.165, 1.54) is 116 Å². The summed E-state index contributed by atoms with van der Waals surface area (Å²) in [5, 5.41) is 3.25. The van der Waals surface area contributed by atoms with Gasteiger partial charge in [-0.2, -0.15) is 0 Å². The lowest BCUT2D eigenvalue weighted by Crippen LogP contribution is -2.35. The lowest BCUT2D eigenvalue weighted by atomic mass is 10.0. The van der Waals surface area contributed by atoms with Crippen LogP contribution in [-0.4, -0.2) is 61.9 Å². The molecule has 0 fully saturated rings. The fraction of sp³-hybridized carbons (Fsp3) is 0.925. The van der Waals surface area contributed by atoms with Gasteiger partial charge in [-0.15, -0.1) is 0 Å². The maximum absolute atomic E-state index is 12.7. The number of unbranched alkanes of at least 4 members (excludes halogenated alkanes) is 19. The molecule has 7 heteroatoms. The summed E-state index contributed by atoms with van der Waals surface area (Å²) in [4.78, 5) is 30.2. The molecule has 0 bridgehead atoms. The molecule has 0 aromatic rings. The summed E-state index contributed by atoms with van der Waals surface area (Å²) in [5.74, 6) is 0.585. The molecule has 0 radical (unpaired) electrons. The van der Waals surface area contributed by atoms with Crippen molar-refractivity contribution in [3.05, 3.63) is 0 Å². The molecule has 0 aliphatic heterocycles. The lowest BCUT2D eigenvalue weighted by molar-refractivity contribution is -0.150. The molecule has 0 aliphatic rings. The molecular weight excluding hydrogens is 584 g/mol. The summed E-state index contributed by atoms with van der Waals surface area (Å²) >= 11 is 0. The van der Waals surface area contributed by atoms with Crippen molar-refractivity contribution in [1.82, 2.24) is 10.2 Å². The highest BCUT2D eigenvalue weighted by atomic mass is 16.5. The number of carbonyl (C=O) groups excluding carboxylic acids is 2. The van der Waals surface area contributed by atoms with Gasteiger partial charge in [0.1, 0.15) is 12.4 Å². The predicted molar refractivity (Wildman–Crippen MR) is 203 cm³/mol. The Morgan fingerprint density at radius 3 is 1.70 bits per heavy atom. The van der Waals surface area contributed by atoms with Crippen LogP contribution in [0.5, 0.6) is 0 Å². The molecule has 0 spiro atoms. The predicted octanol–water partition coefficient (Wildman–Crippen LogP) is 10.3. The summed E-state index contributed by atoms with van der Waals surface area (Å²) < 4.78 is 6.04. The number of ether oxygens (including phenoxy) is 1. The molecule has 47 heavy (non-hydrogen) atoms. The molecule has 7 nitrogen and oxygen atoms in total. The highest BCUT2D eigenvalue weighted by Gasteiger charge is 2.14. The van der Waals surface area contributed by atoms with E-state index in [-0.39, 0.29) is 12.1 Å². The van der Waals surface area contributed by atoms with Crippen LogP contribution >= 0.6 is 0 Å². The maximum Gasteiger partial charge on any atom is 0.306 e. The minimum atomic E-state index is 0.0262. The fourth-order valence-corrected chi connectivity index (χ4v) is 6.18. The Morgan fingerprint density at radius 2 is 1.15 bits per heavy atom. The smallest absolute Gasteiger partial charge is 0.306 e. The first-order valence-corrected chi connectivity index (χ1v) is 20.5. The number of carbonyl (C=O) groups is 2. The zero-order valence-corrected chi connectivity index (χ0v) is 31.7. The van der Waals surface area contributed by atoms with Crippen molar-refractivity contribution in [2.75, 3.05) is 32.7 Å². The van der Waals surface area contributed by atoms with Crippen molar-refractivity contribution >= 4 is 18.2 Å². The number of nitrogens with one attached hydrogen (secondary N) is 1. The van der Waals surface area contributed by atoms with Crippen LogP contribution in [0.15, 0.2) is 4.99 Å². The lowest BCUT2D eigenvalue weighted by Gasteiger charge is -2.22. The molecule has 0 aromatic carbocycles. The maximum atomic E-state index is 12.7. The molecule has 0 amide bonds. The monoisotopic (exact) mass is 665 g/mol. The van der Waals surface area contributed by atoms with Gasteiger partial charge in [0.25, 0.3) is 0 Å². The summed E-state index contributed by atoms with van der Waals surface area (Å²) in [6, 6.07) is 0. The highest BCUT2D eigenvalue weighted by molar-refractivity contribution is 5.77. The van der Waals surface area contributed by atoms with E-state index in [1.807, 2.05) is 0 Å². The van der Waals surface area contributed by atoms with Crippen LogP contribution in [0, 0.1) is 0 Å². The summed E-state index contributed by atoms with van der Waals surface area (Å²) in [7, 11) is 0. The van der Waals surface area contributed by atoms with E-state index < -0.39 is 0 Å². The Balaban J connectivity index is 4.36. The Morgan fingerprint density at radius 1 is 0.660 bits per heavy atom. The Kier molecular flexibility index (Phi) is 35.9. The number of guanidine groups is 1. The Labute approximate surface area is 292 Å². The van der Waals surface area contributed by atoms with Crippen LogP contribution in [0.1, 0.15) is 201 Å². The second-order valence-electron chi connectivity index (χ2n) is 13.9. The molecule has 0 aromatic heterocycles. The Bertz CT molecular complexity index is 687. The first-order chi connectivity index (χ1) is 23.1. The van der Waals surface area contributed by atoms with Crippen LogP contribution in [0.25, 0.3) is 0 Å². The SMILES string of the molecule is CCCCCCCCC(CCCCCCCC)OC(=O)CCCCCCCN(CCCCCCCC=O)CCCNC(N)=NCCC. The van der Waals surface area contributed by atoms with Crippen molar-refractivity contribution in [3.8, 4) is 0 Å². The standard InChI is InChI=1S/C40H80N4O3/c1-4-7-9-11-16-22-29-38(30-23-17-12-10-8-5-2)47-39(46)31-24-18-15-20-26-35-44(34-25-19-13-14-21-27-37-45)36-28-33-43-40(41)42-32-6-3/h37-38H,4-36H2,1-3H3,(H3,41,42,43). The van der Waals surface area contributed by atoms with E-state index in [2.05, 4.69) is 36.0 Å². The summed E-state index contributed by atoms with van der Waals surface area (Å²) in [6.45, 7) is 11.6. The molecular formula is C40H80N4O3. The summed E-state index contributed by atoms with van der Waals surface area (Å²) in [6.07, 6.45) is 33.5. The minimum Gasteiger partial charge on any atom is -0.462 e. The number of hydrogen-bond acceptors (Lipinski definition) is 5. The van der Waals surface area contributed by atoms with Gasteiger partial charge in [-0.1, -0.05) is 124 Å². The van der Waals surface area contributed by atoms with Gasteiger partial charge in [0.2, 0.25) is 0 Å². The van der Waals surface area contributed by atoms with E-state index in [9.17, 15) is 9.59 Å². The van der Waals surface area contributed by atoms with Crippen molar-refractivity contribution < 1.29 is 14.3 Å². The van der Waals surface area contributed by atoms with Crippen LogP contribution in [-0.2, 0) is 14.3 Å². The Hall–Kier alpha value is -1.63. The molecule has 0 unspecified atom stereocenters. The van der Waals surface area contributed by atoms with E-state index in [0.717, 1.165) is 90.4 Å². The van der Waals surface area contributed by atoms with Gasteiger partial charge < -0.3 is 25.5 Å². The van der Waals surface area contributed by atoms with Crippen molar-refractivity contribution in [2.24, 2.45) is 10.7 Å². The van der Waals surface area contributed by atoms with E-state index in [0.29, 0.717) is 18.8 Å². The van der Waals surface area contributed by atoms with Gasteiger partial charge in [0.05, 0.1) is 0 Å². The zero-order valence-electron chi connectivity index (χ0n) is 31.7. The average Bonchev–Trinajstić information content (AvgIpc) is 3.07. The number of esters is 1. The van der Waals surface area contributed by atoms with Crippen molar-refractivity contribution in [1.29, 1.82) is 0 Å². The molecule has 3 N–H and O–H groups in total. The molecule has 0 saturated heterocycles. The molecule has 278 valence electrons. The van der Waals surface area contributed by atoms with Crippen LogP contribution in [0.2, 0.25) is 0 Å².